The Morgan fingerprint density at radius 1 is 1.42 bits per heavy atom. The van der Waals surface area contributed by atoms with Crippen LogP contribution in [0.2, 0.25) is 0 Å². The standard InChI is InChI=1S/C15H16N2O2/c1-4-11-9-14(18)17(10-11)13-8-6-5-7-12(13)15(19)16(2)3/h1,5-8,11H,9-10H2,2-3H3. The average Bonchev–Trinajstić information content (AvgIpc) is 2.79. The summed E-state index contributed by atoms with van der Waals surface area (Å²) in [6.45, 7) is 0.479. The summed E-state index contributed by atoms with van der Waals surface area (Å²) < 4.78 is 0. The summed E-state index contributed by atoms with van der Waals surface area (Å²) in [5.41, 5.74) is 1.17. The molecule has 0 aromatic heterocycles. The lowest BCUT2D eigenvalue weighted by Gasteiger charge is -2.21. The maximum Gasteiger partial charge on any atom is 0.255 e. The molecule has 2 amide bonds. The minimum atomic E-state index is -0.118. The van der Waals surface area contributed by atoms with Crippen molar-refractivity contribution < 1.29 is 9.59 Å². The number of nitrogens with zero attached hydrogens (tertiary/aromatic N) is 2. The zero-order valence-corrected chi connectivity index (χ0v) is 11.1. The van der Waals surface area contributed by atoms with E-state index in [4.69, 9.17) is 6.42 Å². The number of para-hydroxylation sites is 1. The Bertz CT molecular complexity index is 558. The van der Waals surface area contributed by atoms with Crippen molar-refractivity contribution in [2.75, 3.05) is 25.5 Å². The van der Waals surface area contributed by atoms with E-state index in [-0.39, 0.29) is 17.7 Å². The highest BCUT2D eigenvalue weighted by atomic mass is 16.2. The molecular formula is C15H16N2O2. The molecule has 0 bridgehead atoms. The smallest absolute Gasteiger partial charge is 0.255 e. The number of hydrogen-bond acceptors (Lipinski definition) is 2. The first-order valence-electron chi connectivity index (χ1n) is 6.11. The van der Waals surface area contributed by atoms with Gasteiger partial charge in [0.25, 0.3) is 5.91 Å². The molecule has 19 heavy (non-hydrogen) atoms. The second-order valence-electron chi connectivity index (χ2n) is 4.79. The van der Waals surface area contributed by atoms with Gasteiger partial charge >= 0.3 is 0 Å². The number of terminal acetylenes is 1. The normalized spacial score (nSPS) is 18.3. The molecule has 0 saturated carbocycles. The lowest BCUT2D eigenvalue weighted by Crippen LogP contribution is -2.29. The molecule has 4 nitrogen and oxygen atoms in total. The SMILES string of the molecule is C#CC1CC(=O)N(c2ccccc2C(=O)N(C)C)C1. The maximum absolute atomic E-state index is 12.1. The van der Waals surface area contributed by atoms with Crippen molar-refractivity contribution in [3.05, 3.63) is 29.8 Å². The van der Waals surface area contributed by atoms with Crippen molar-refractivity contribution in [3.63, 3.8) is 0 Å². The maximum atomic E-state index is 12.1. The van der Waals surface area contributed by atoms with E-state index < -0.39 is 0 Å². The molecule has 1 fully saturated rings. The molecule has 0 aliphatic carbocycles. The fourth-order valence-corrected chi connectivity index (χ4v) is 2.18. The van der Waals surface area contributed by atoms with Gasteiger partial charge in [-0.2, -0.15) is 0 Å². The van der Waals surface area contributed by atoms with E-state index in [0.29, 0.717) is 24.2 Å². The zero-order valence-electron chi connectivity index (χ0n) is 11.1. The third-order valence-electron chi connectivity index (χ3n) is 3.19. The Hall–Kier alpha value is -2.28. The van der Waals surface area contributed by atoms with Crippen LogP contribution < -0.4 is 4.90 Å². The summed E-state index contributed by atoms with van der Waals surface area (Å²) >= 11 is 0. The Morgan fingerprint density at radius 3 is 2.68 bits per heavy atom. The largest absolute Gasteiger partial charge is 0.345 e. The number of benzene rings is 1. The first kappa shape index (κ1) is 13.2. The van der Waals surface area contributed by atoms with Gasteiger partial charge in [0.15, 0.2) is 0 Å². The topological polar surface area (TPSA) is 40.6 Å². The zero-order chi connectivity index (χ0) is 14.0. The van der Waals surface area contributed by atoms with E-state index in [9.17, 15) is 9.59 Å². The summed E-state index contributed by atoms with van der Waals surface area (Å²) in [5.74, 6) is 2.39. The van der Waals surface area contributed by atoms with Gasteiger partial charge in [-0.3, -0.25) is 9.59 Å². The van der Waals surface area contributed by atoms with E-state index in [1.807, 2.05) is 6.07 Å². The quantitative estimate of drug-likeness (QED) is 0.750. The van der Waals surface area contributed by atoms with Gasteiger partial charge in [-0.05, 0) is 12.1 Å². The van der Waals surface area contributed by atoms with Gasteiger partial charge in [-0.25, -0.2) is 0 Å². The number of carbonyl (C=O) groups is 2. The van der Waals surface area contributed by atoms with Gasteiger partial charge in [-0.15, -0.1) is 12.3 Å². The van der Waals surface area contributed by atoms with E-state index in [2.05, 4.69) is 5.92 Å². The van der Waals surface area contributed by atoms with E-state index in [1.165, 1.54) is 4.90 Å². The number of rotatable bonds is 2. The van der Waals surface area contributed by atoms with Gasteiger partial charge in [0.2, 0.25) is 5.91 Å². The molecule has 4 heteroatoms. The van der Waals surface area contributed by atoms with Crippen molar-refractivity contribution in [2.45, 2.75) is 6.42 Å². The van der Waals surface area contributed by atoms with Gasteiger partial charge in [0.05, 0.1) is 11.3 Å². The highest BCUT2D eigenvalue weighted by Crippen LogP contribution is 2.28. The molecular weight excluding hydrogens is 240 g/mol. The third kappa shape index (κ3) is 2.45. The monoisotopic (exact) mass is 256 g/mol. The number of amides is 2. The van der Waals surface area contributed by atoms with Crippen LogP contribution in [0.4, 0.5) is 5.69 Å². The molecule has 2 rings (SSSR count). The third-order valence-corrected chi connectivity index (χ3v) is 3.19. The summed E-state index contributed by atoms with van der Waals surface area (Å²) in [6, 6.07) is 7.12. The molecule has 1 unspecified atom stereocenters. The number of hydrogen-bond donors (Lipinski definition) is 0. The van der Waals surface area contributed by atoms with Crippen molar-refractivity contribution in [2.24, 2.45) is 5.92 Å². The van der Waals surface area contributed by atoms with Gasteiger partial charge < -0.3 is 9.80 Å². The van der Waals surface area contributed by atoms with Crippen LogP contribution in [0.15, 0.2) is 24.3 Å². The number of anilines is 1. The molecule has 0 N–H and O–H groups in total. The molecule has 1 heterocycles. The minimum absolute atomic E-state index is 0.0260. The highest BCUT2D eigenvalue weighted by molar-refractivity contribution is 6.05. The van der Waals surface area contributed by atoms with Crippen LogP contribution in [0.1, 0.15) is 16.8 Å². The molecule has 98 valence electrons. The van der Waals surface area contributed by atoms with Crippen LogP contribution in [0.3, 0.4) is 0 Å². The van der Waals surface area contributed by atoms with Gasteiger partial charge in [-0.1, -0.05) is 12.1 Å². The fraction of sp³-hybridized carbons (Fsp3) is 0.333. The lowest BCUT2D eigenvalue weighted by atomic mass is 10.1. The van der Waals surface area contributed by atoms with Crippen molar-refractivity contribution in [3.8, 4) is 12.3 Å². The molecule has 0 spiro atoms. The summed E-state index contributed by atoms with van der Waals surface area (Å²) in [4.78, 5) is 27.2. The predicted molar refractivity (Wildman–Crippen MR) is 73.8 cm³/mol. The molecule has 1 aromatic rings. The van der Waals surface area contributed by atoms with Crippen LogP contribution in [0.25, 0.3) is 0 Å². The Kier molecular flexibility index (Phi) is 3.57. The average molecular weight is 256 g/mol. The fourth-order valence-electron chi connectivity index (χ4n) is 2.18. The Balaban J connectivity index is 2.39. The Labute approximate surface area is 113 Å². The van der Waals surface area contributed by atoms with Gasteiger partial charge in [0.1, 0.15) is 0 Å². The van der Waals surface area contributed by atoms with Crippen molar-refractivity contribution in [1.29, 1.82) is 0 Å². The molecule has 1 atom stereocenters. The highest BCUT2D eigenvalue weighted by Gasteiger charge is 2.31. The van der Waals surface area contributed by atoms with E-state index in [1.54, 1.807) is 37.2 Å². The lowest BCUT2D eigenvalue weighted by molar-refractivity contribution is -0.117. The first-order chi connectivity index (χ1) is 9.04. The summed E-state index contributed by atoms with van der Waals surface area (Å²) in [7, 11) is 3.38. The van der Waals surface area contributed by atoms with Crippen molar-refractivity contribution in [1.82, 2.24) is 4.90 Å². The molecule has 1 saturated heterocycles. The number of carbonyl (C=O) groups excluding carboxylic acids is 2. The summed E-state index contributed by atoms with van der Waals surface area (Å²) in [6.07, 6.45) is 5.73. The predicted octanol–water partition coefficient (Wildman–Crippen LogP) is 1.37. The molecule has 1 aromatic carbocycles. The minimum Gasteiger partial charge on any atom is -0.345 e. The van der Waals surface area contributed by atoms with Crippen LogP contribution in [-0.4, -0.2) is 37.4 Å². The second kappa shape index (κ2) is 5.15. The van der Waals surface area contributed by atoms with E-state index in [0.717, 1.165) is 0 Å². The second-order valence-corrected chi connectivity index (χ2v) is 4.79. The molecule has 1 aliphatic heterocycles. The first-order valence-corrected chi connectivity index (χ1v) is 6.11. The van der Waals surface area contributed by atoms with Crippen molar-refractivity contribution >= 4 is 17.5 Å². The van der Waals surface area contributed by atoms with Crippen LogP contribution in [0, 0.1) is 18.3 Å². The van der Waals surface area contributed by atoms with Crippen LogP contribution >= 0.6 is 0 Å². The molecule has 0 radical (unpaired) electrons. The van der Waals surface area contributed by atoms with Gasteiger partial charge in [0, 0.05) is 33.0 Å². The van der Waals surface area contributed by atoms with E-state index >= 15 is 0 Å². The molecule has 1 aliphatic rings. The summed E-state index contributed by atoms with van der Waals surface area (Å²) in [5, 5.41) is 0. The van der Waals surface area contributed by atoms with Crippen LogP contribution in [-0.2, 0) is 4.79 Å². The van der Waals surface area contributed by atoms with Crippen LogP contribution in [0.5, 0.6) is 0 Å². The Morgan fingerprint density at radius 2 is 2.11 bits per heavy atom.